The first-order valence-electron chi connectivity index (χ1n) is 5.93. The number of ether oxygens (including phenoxy) is 2. The minimum Gasteiger partial charge on any atom is -0.493 e. The van der Waals surface area contributed by atoms with Gasteiger partial charge >= 0.3 is 11.8 Å². The molecule has 0 radical (unpaired) electrons. The molecule has 7 nitrogen and oxygen atoms in total. The van der Waals surface area contributed by atoms with Crippen LogP contribution in [0.4, 0.5) is 0 Å². The highest BCUT2D eigenvalue weighted by atomic mass is 16.5. The van der Waals surface area contributed by atoms with E-state index < -0.39 is 17.9 Å². The van der Waals surface area contributed by atoms with Crippen LogP contribution in [0.2, 0.25) is 0 Å². The van der Waals surface area contributed by atoms with E-state index in [2.05, 4.69) is 10.6 Å². The lowest BCUT2D eigenvalue weighted by Gasteiger charge is -2.14. The van der Waals surface area contributed by atoms with Gasteiger partial charge in [0.1, 0.15) is 0 Å². The molecule has 1 atom stereocenters. The molecule has 110 valence electrons. The molecule has 2 amide bonds. The molecule has 20 heavy (non-hydrogen) atoms. The summed E-state index contributed by atoms with van der Waals surface area (Å²) in [7, 11) is 4.35. The van der Waals surface area contributed by atoms with Gasteiger partial charge in [-0.2, -0.15) is 0 Å². The van der Waals surface area contributed by atoms with Gasteiger partial charge in [0.2, 0.25) is 0 Å². The van der Waals surface area contributed by atoms with Gasteiger partial charge in [-0.25, -0.2) is 0 Å². The van der Waals surface area contributed by atoms with Crippen LogP contribution in [0.1, 0.15) is 11.7 Å². The van der Waals surface area contributed by atoms with Gasteiger partial charge in [0.15, 0.2) is 11.5 Å². The van der Waals surface area contributed by atoms with Crippen molar-refractivity contribution >= 4 is 11.8 Å². The average Bonchev–Trinajstić information content (AvgIpc) is 2.50. The molecular weight excluding hydrogens is 264 g/mol. The van der Waals surface area contributed by atoms with Crippen molar-refractivity contribution in [3.63, 3.8) is 0 Å². The number of carbonyl (C=O) groups is 2. The number of methoxy groups -OCH3 is 2. The van der Waals surface area contributed by atoms with Crippen molar-refractivity contribution in [2.24, 2.45) is 0 Å². The molecule has 0 aliphatic carbocycles. The number of hydrogen-bond acceptors (Lipinski definition) is 5. The van der Waals surface area contributed by atoms with E-state index in [1.807, 2.05) is 0 Å². The SMILES string of the molecule is CNC(=O)C(=O)NCC(O)c1ccc(OC)c(OC)c1. The zero-order valence-electron chi connectivity index (χ0n) is 11.6. The second-order valence-electron chi connectivity index (χ2n) is 3.92. The molecule has 0 fully saturated rings. The number of carbonyl (C=O) groups excluding carboxylic acids is 2. The normalized spacial score (nSPS) is 11.4. The maximum absolute atomic E-state index is 11.3. The Balaban J connectivity index is 2.70. The molecule has 0 aromatic heterocycles. The van der Waals surface area contributed by atoms with E-state index in [1.165, 1.54) is 21.3 Å². The van der Waals surface area contributed by atoms with E-state index in [1.54, 1.807) is 18.2 Å². The fourth-order valence-corrected chi connectivity index (χ4v) is 1.56. The molecule has 7 heteroatoms. The molecule has 0 saturated carbocycles. The monoisotopic (exact) mass is 282 g/mol. The standard InChI is InChI=1S/C13H18N2O5/c1-14-12(17)13(18)15-7-9(16)8-4-5-10(19-2)11(6-8)20-3/h4-6,9,16H,7H2,1-3H3,(H,14,17)(H,15,18). The summed E-state index contributed by atoms with van der Waals surface area (Å²) in [5, 5.41) is 14.5. The fourth-order valence-electron chi connectivity index (χ4n) is 1.56. The zero-order valence-corrected chi connectivity index (χ0v) is 11.6. The van der Waals surface area contributed by atoms with E-state index in [-0.39, 0.29) is 6.54 Å². The Morgan fingerprint density at radius 1 is 1.20 bits per heavy atom. The van der Waals surface area contributed by atoms with E-state index in [9.17, 15) is 14.7 Å². The summed E-state index contributed by atoms with van der Waals surface area (Å²) >= 11 is 0. The van der Waals surface area contributed by atoms with Crippen LogP contribution < -0.4 is 20.1 Å². The van der Waals surface area contributed by atoms with E-state index >= 15 is 0 Å². The number of nitrogens with one attached hydrogen (secondary N) is 2. The first-order chi connectivity index (χ1) is 9.53. The second-order valence-corrected chi connectivity index (χ2v) is 3.92. The molecule has 0 saturated heterocycles. The number of aliphatic hydroxyl groups excluding tert-OH is 1. The van der Waals surface area contributed by atoms with Crippen molar-refractivity contribution in [3.8, 4) is 11.5 Å². The number of hydrogen-bond donors (Lipinski definition) is 3. The largest absolute Gasteiger partial charge is 0.493 e. The Hall–Kier alpha value is -2.28. The van der Waals surface area contributed by atoms with Gasteiger partial charge in [0.05, 0.1) is 20.3 Å². The summed E-state index contributed by atoms with van der Waals surface area (Å²) in [5.41, 5.74) is 0.542. The molecule has 1 aromatic carbocycles. The van der Waals surface area contributed by atoms with Crippen LogP contribution in [-0.4, -0.2) is 44.7 Å². The highest BCUT2D eigenvalue weighted by Gasteiger charge is 2.15. The van der Waals surface area contributed by atoms with Crippen LogP contribution in [0.5, 0.6) is 11.5 Å². The highest BCUT2D eigenvalue weighted by molar-refractivity contribution is 6.35. The summed E-state index contributed by atoms with van der Waals surface area (Å²) < 4.78 is 10.2. The van der Waals surface area contributed by atoms with Crippen LogP contribution >= 0.6 is 0 Å². The Morgan fingerprint density at radius 3 is 2.40 bits per heavy atom. The third-order valence-electron chi connectivity index (χ3n) is 2.68. The van der Waals surface area contributed by atoms with E-state index in [0.717, 1.165) is 0 Å². The Morgan fingerprint density at radius 2 is 1.85 bits per heavy atom. The lowest BCUT2D eigenvalue weighted by atomic mass is 10.1. The fraction of sp³-hybridized carbons (Fsp3) is 0.385. The van der Waals surface area contributed by atoms with Crippen LogP contribution in [0.25, 0.3) is 0 Å². The minimum atomic E-state index is -0.955. The molecule has 3 N–H and O–H groups in total. The van der Waals surface area contributed by atoms with Crippen LogP contribution in [0.3, 0.4) is 0 Å². The van der Waals surface area contributed by atoms with Crippen molar-refractivity contribution in [2.75, 3.05) is 27.8 Å². The van der Waals surface area contributed by atoms with Gasteiger partial charge in [0, 0.05) is 13.6 Å². The number of rotatable bonds is 5. The smallest absolute Gasteiger partial charge is 0.309 e. The predicted molar refractivity (Wildman–Crippen MR) is 71.6 cm³/mol. The van der Waals surface area contributed by atoms with Crippen LogP contribution in [0.15, 0.2) is 18.2 Å². The number of aliphatic hydroxyl groups is 1. The number of benzene rings is 1. The molecule has 1 aromatic rings. The highest BCUT2D eigenvalue weighted by Crippen LogP contribution is 2.29. The molecule has 1 unspecified atom stereocenters. The van der Waals surface area contributed by atoms with Crippen molar-refractivity contribution in [2.45, 2.75) is 6.10 Å². The Kier molecular flexibility index (Phi) is 5.79. The maximum Gasteiger partial charge on any atom is 0.309 e. The van der Waals surface area contributed by atoms with Gasteiger partial charge in [0.25, 0.3) is 0 Å². The number of amides is 2. The Bertz CT molecular complexity index is 490. The van der Waals surface area contributed by atoms with Gasteiger partial charge < -0.3 is 25.2 Å². The minimum absolute atomic E-state index is 0.0816. The lowest BCUT2D eigenvalue weighted by Crippen LogP contribution is -2.39. The topological polar surface area (TPSA) is 96.9 Å². The number of likely N-dealkylation sites (N-methyl/N-ethyl adjacent to an activating group) is 1. The van der Waals surface area contributed by atoms with Crippen LogP contribution in [-0.2, 0) is 9.59 Å². The molecular formula is C13H18N2O5. The van der Waals surface area contributed by atoms with Crippen molar-refractivity contribution in [1.29, 1.82) is 0 Å². The molecule has 0 bridgehead atoms. The van der Waals surface area contributed by atoms with Crippen molar-refractivity contribution in [1.82, 2.24) is 10.6 Å². The van der Waals surface area contributed by atoms with E-state index in [0.29, 0.717) is 17.1 Å². The van der Waals surface area contributed by atoms with Gasteiger partial charge in [-0.3, -0.25) is 9.59 Å². The zero-order chi connectivity index (χ0) is 15.1. The van der Waals surface area contributed by atoms with E-state index in [4.69, 9.17) is 9.47 Å². The predicted octanol–water partition coefficient (Wildman–Crippen LogP) is -0.401. The summed E-state index contributed by atoms with van der Waals surface area (Å²) in [4.78, 5) is 22.3. The summed E-state index contributed by atoms with van der Waals surface area (Å²) in [6, 6.07) is 4.91. The summed E-state index contributed by atoms with van der Waals surface area (Å²) in [5.74, 6) is -0.545. The van der Waals surface area contributed by atoms with Gasteiger partial charge in [-0.15, -0.1) is 0 Å². The Labute approximate surface area is 116 Å². The van der Waals surface area contributed by atoms with Gasteiger partial charge in [-0.1, -0.05) is 6.07 Å². The first kappa shape index (κ1) is 15.8. The van der Waals surface area contributed by atoms with Gasteiger partial charge in [-0.05, 0) is 17.7 Å². The lowest BCUT2D eigenvalue weighted by molar-refractivity contribution is -0.139. The first-order valence-corrected chi connectivity index (χ1v) is 5.93. The summed E-state index contributed by atoms with van der Waals surface area (Å²) in [6.45, 7) is -0.0816. The third kappa shape index (κ3) is 3.86. The summed E-state index contributed by atoms with van der Waals surface area (Å²) in [6.07, 6.45) is -0.955. The quantitative estimate of drug-likeness (QED) is 0.638. The molecule has 0 aliphatic rings. The molecule has 0 aliphatic heterocycles. The molecule has 0 heterocycles. The second kappa shape index (κ2) is 7.34. The maximum atomic E-state index is 11.3. The average molecular weight is 282 g/mol. The van der Waals surface area contributed by atoms with Crippen LogP contribution in [0, 0.1) is 0 Å². The van der Waals surface area contributed by atoms with Crippen molar-refractivity contribution in [3.05, 3.63) is 23.8 Å². The third-order valence-corrected chi connectivity index (χ3v) is 2.68. The molecule has 1 rings (SSSR count). The molecule has 0 spiro atoms. The van der Waals surface area contributed by atoms with Crippen molar-refractivity contribution < 1.29 is 24.2 Å².